The minimum atomic E-state index is -0.477. The molecule has 1 aromatic carbocycles. The highest BCUT2D eigenvalue weighted by atomic mass is 19.1. The largest absolute Gasteiger partial charge is 0.317 e. The molecule has 0 aromatic heterocycles. The zero-order valence-corrected chi connectivity index (χ0v) is 12.5. The summed E-state index contributed by atoms with van der Waals surface area (Å²) in [7, 11) is 0. The van der Waals surface area contributed by atoms with E-state index in [4.69, 9.17) is 0 Å². The first-order valence-electron chi connectivity index (χ1n) is 8.09. The van der Waals surface area contributed by atoms with Crippen molar-refractivity contribution in [3.8, 4) is 0 Å². The number of likely N-dealkylation sites (tertiary alicyclic amines) is 1. The first-order valence-corrected chi connectivity index (χ1v) is 8.09. The van der Waals surface area contributed by atoms with Crippen LogP contribution in [0.1, 0.15) is 31.2 Å². The van der Waals surface area contributed by atoms with Gasteiger partial charge in [-0.3, -0.25) is 4.90 Å². The zero-order chi connectivity index (χ0) is 14.7. The predicted molar refractivity (Wildman–Crippen MR) is 80.0 cm³/mol. The molecular weight excluding hydrogens is 270 g/mol. The van der Waals surface area contributed by atoms with E-state index in [1.807, 2.05) is 0 Å². The van der Waals surface area contributed by atoms with Gasteiger partial charge < -0.3 is 5.32 Å². The normalized spacial score (nSPS) is 22.6. The van der Waals surface area contributed by atoms with Gasteiger partial charge in [0, 0.05) is 12.6 Å². The summed E-state index contributed by atoms with van der Waals surface area (Å²) in [6, 6.07) is 3.83. The molecule has 2 aliphatic rings. The zero-order valence-electron chi connectivity index (χ0n) is 12.5. The van der Waals surface area contributed by atoms with Gasteiger partial charge in [-0.05, 0) is 81.4 Å². The van der Waals surface area contributed by atoms with Gasteiger partial charge in [0.2, 0.25) is 0 Å². The molecule has 2 heterocycles. The lowest BCUT2D eigenvalue weighted by Gasteiger charge is -2.37. The average Bonchev–Trinajstić information content (AvgIpc) is 2.48. The van der Waals surface area contributed by atoms with Gasteiger partial charge in [0.1, 0.15) is 11.6 Å². The number of nitrogens with zero attached hydrogens (tertiary/aromatic N) is 1. The van der Waals surface area contributed by atoms with E-state index in [-0.39, 0.29) is 0 Å². The van der Waals surface area contributed by atoms with Crippen LogP contribution in [0.4, 0.5) is 8.78 Å². The summed E-state index contributed by atoms with van der Waals surface area (Å²) in [5.41, 5.74) is 0.743. The van der Waals surface area contributed by atoms with E-state index in [0.29, 0.717) is 6.54 Å². The van der Waals surface area contributed by atoms with Gasteiger partial charge in [-0.1, -0.05) is 0 Å². The number of hydrogen-bond donors (Lipinski definition) is 1. The molecule has 0 aliphatic carbocycles. The van der Waals surface area contributed by atoms with E-state index >= 15 is 0 Å². The van der Waals surface area contributed by atoms with Crippen molar-refractivity contribution < 1.29 is 8.78 Å². The molecule has 2 nitrogen and oxygen atoms in total. The Kier molecular flexibility index (Phi) is 4.86. The molecule has 0 saturated carbocycles. The quantitative estimate of drug-likeness (QED) is 0.921. The first kappa shape index (κ1) is 14.9. The van der Waals surface area contributed by atoms with Crippen molar-refractivity contribution in [2.75, 3.05) is 26.2 Å². The Morgan fingerprint density at radius 1 is 0.905 bits per heavy atom. The lowest BCUT2D eigenvalue weighted by molar-refractivity contribution is 0.126. The van der Waals surface area contributed by atoms with Gasteiger partial charge in [-0.2, -0.15) is 0 Å². The second-order valence-corrected chi connectivity index (χ2v) is 6.48. The van der Waals surface area contributed by atoms with Gasteiger partial charge in [-0.25, -0.2) is 8.78 Å². The maximum Gasteiger partial charge on any atom is 0.126 e. The van der Waals surface area contributed by atoms with Gasteiger partial charge in [0.05, 0.1) is 0 Å². The second-order valence-electron chi connectivity index (χ2n) is 6.48. The minimum Gasteiger partial charge on any atom is -0.317 e. The van der Waals surface area contributed by atoms with Crippen LogP contribution < -0.4 is 5.32 Å². The van der Waals surface area contributed by atoms with Crippen LogP contribution >= 0.6 is 0 Å². The van der Waals surface area contributed by atoms with Crippen LogP contribution in [0.3, 0.4) is 0 Å². The molecule has 116 valence electrons. The highest BCUT2D eigenvalue weighted by Crippen LogP contribution is 2.31. The second kappa shape index (κ2) is 6.84. The Morgan fingerprint density at radius 2 is 1.48 bits per heavy atom. The number of halogens is 2. The number of nitrogens with one attached hydrogen (secondary N) is 1. The first-order chi connectivity index (χ1) is 10.2. The van der Waals surface area contributed by atoms with Gasteiger partial charge in [0.25, 0.3) is 0 Å². The number of hydrogen-bond acceptors (Lipinski definition) is 2. The monoisotopic (exact) mass is 294 g/mol. The molecule has 2 saturated heterocycles. The summed E-state index contributed by atoms with van der Waals surface area (Å²) in [5.74, 6) is 0.761. The number of benzene rings is 1. The van der Waals surface area contributed by atoms with Crippen molar-refractivity contribution in [3.05, 3.63) is 35.4 Å². The lowest BCUT2D eigenvalue weighted by atomic mass is 9.79. The van der Waals surface area contributed by atoms with Crippen molar-refractivity contribution in [2.24, 2.45) is 11.8 Å². The Balaban J connectivity index is 1.51. The van der Waals surface area contributed by atoms with Crippen molar-refractivity contribution in [2.45, 2.75) is 32.2 Å². The van der Waals surface area contributed by atoms with E-state index in [9.17, 15) is 8.78 Å². The Labute approximate surface area is 125 Å². The van der Waals surface area contributed by atoms with E-state index < -0.39 is 11.6 Å². The molecule has 0 spiro atoms. The molecule has 0 unspecified atom stereocenters. The van der Waals surface area contributed by atoms with Crippen molar-refractivity contribution in [1.82, 2.24) is 10.2 Å². The van der Waals surface area contributed by atoms with Crippen LogP contribution in [-0.2, 0) is 6.54 Å². The summed E-state index contributed by atoms with van der Waals surface area (Å²) < 4.78 is 26.4. The van der Waals surface area contributed by atoms with Crippen LogP contribution in [0.15, 0.2) is 18.2 Å². The fraction of sp³-hybridized carbons (Fsp3) is 0.647. The molecule has 2 aliphatic heterocycles. The van der Waals surface area contributed by atoms with Crippen LogP contribution in [0.2, 0.25) is 0 Å². The molecule has 3 rings (SSSR count). The molecule has 1 aromatic rings. The summed E-state index contributed by atoms with van der Waals surface area (Å²) in [6.45, 7) is 5.08. The molecule has 2 fully saturated rings. The molecule has 0 amide bonds. The molecule has 0 atom stereocenters. The highest BCUT2D eigenvalue weighted by molar-refractivity contribution is 5.17. The van der Waals surface area contributed by atoms with Crippen LogP contribution in [0.5, 0.6) is 0 Å². The third kappa shape index (κ3) is 4.01. The molecule has 0 radical (unpaired) electrons. The van der Waals surface area contributed by atoms with Crippen molar-refractivity contribution >= 4 is 0 Å². The molecule has 21 heavy (non-hydrogen) atoms. The summed E-state index contributed by atoms with van der Waals surface area (Å²) in [6.07, 6.45) is 5.06. The summed E-state index contributed by atoms with van der Waals surface area (Å²) in [4.78, 5) is 2.33. The van der Waals surface area contributed by atoms with Crippen LogP contribution in [0.25, 0.3) is 0 Å². The van der Waals surface area contributed by atoms with Crippen molar-refractivity contribution in [3.63, 3.8) is 0 Å². The standard InChI is InChI=1S/C17H24F2N2/c18-16-9-13(10-17(19)11-16)12-21-7-3-15(4-8-21)14-1-5-20-6-2-14/h9-11,14-15,20H,1-8,12H2. The van der Waals surface area contributed by atoms with Gasteiger partial charge in [0.15, 0.2) is 0 Å². The van der Waals surface area contributed by atoms with E-state index in [0.717, 1.165) is 49.6 Å². The summed E-state index contributed by atoms with van der Waals surface area (Å²) >= 11 is 0. The van der Waals surface area contributed by atoms with E-state index in [2.05, 4.69) is 10.2 Å². The average molecular weight is 294 g/mol. The topological polar surface area (TPSA) is 15.3 Å². The van der Waals surface area contributed by atoms with Gasteiger partial charge >= 0.3 is 0 Å². The van der Waals surface area contributed by atoms with Crippen LogP contribution in [0, 0.1) is 23.5 Å². The predicted octanol–water partition coefficient (Wildman–Crippen LogP) is 3.18. The van der Waals surface area contributed by atoms with Crippen molar-refractivity contribution in [1.29, 1.82) is 0 Å². The Morgan fingerprint density at radius 3 is 2.10 bits per heavy atom. The Bertz CT molecular complexity index is 444. The fourth-order valence-electron chi connectivity index (χ4n) is 3.86. The summed E-state index contributed by atoms with van der Waals surface area (Å²) in [5, 5.41) is 3.42. The maximum atomic E-state index is 13.2. The molecular formula is C17H24F2N2. The Hall–Kier alpha value is -1.00. The maximum absolute atomic E-state index is 13.2. The SMILES string of the molecule is Fc1cc(F)cc(CN2CCC(C3CCNCC3)CC2)c1. The highest BCUT2D eigenvalue weighted by Gasteiger charge is 2.27. The van der Waals surface area contributed by atoms with Crippen LogP contribution in [-0.4, -0.2) is 31.1 Å². The van der Waals surface area contributed by atoms with E-state index in [1.165, 1.54) is 37.8 Å². The number of piperidine rings is 2. The third-order valence-corrected chi connectivity index (χ3v) is 5.01. The fourth-order valence-corrected chi connectivity index (χ4v) is 3.86. The number of rotatable bonds is 3. The molecule has 1 N–H and O–H groups in total. The molecule has 4 heteroatoms. The lowest BCUT2D eigenvalue weighted by Crippen LogP contribution is -2.39. The smallest absolute Gasteiger partial charge is 0.126 e. The van der Waals surface area contributed by atoms with E-state index in [1.54, 1.807) is 0 Å². The third-order valence-electron chi connectivity index (χ3n) is 5.01. The molecule has 0 bridgehead atoms. The minimum absolute atomic E-state index is 0.477. The van der Waals surface area contributed by atoms with Gasteiger partial charge in [-0.15, -0.1) is 0 Å².